The molecule has 264 valence electrons. The predicted molar refractivity (Wildman–Crippen MR) is 183 cm³/mol. The van der Waals surface area contributed by atoms with Gasteiger partial charge in [-0.2, -0.15) is 46.7 Å². The second-order valence-electron chi connectivity index (χ2n) is 11.1. The molecule has 6 N–H and O–H groups in total. The van der Waals surface area contributed by atoms with Crippen molar-refractivity contribution in [1.82, 2.24) is 29.9 Å². The highest BCUT2D eigenvalue weighted by molar-refractivity contribution is 7.86. The number of aryl methyl sites for hydroxylation is 1. The number of nitrogens with zero attached hydrogens (tertiary/aromatic N) is 8. The fraction of sp³-hybridized carbons (Fsp3) is 0.310. The van der Waals surface area contributed by atoms with E-state index >= 15 is 0 Å². The third-order valence-electron chi connectivity index (χ3n) is 7.50. The first-order chi connectivity index (χ1) is 23.8. The van der Waals surface area contributed by atoms with Gasteiger partial charge >= 0.3 is 0 Å². The van der Waals surface area contributed by atoms with Crippen LogP contribution in [0.25, 0.3) is 12.2 Å². The molecule has 19 nitrogen and oxygen atoms in total. The molecule has 0 radical (unpaired) electrons. The molecule has 50 heavy (non-hydrogen) atoms. The lowest BCUT2D eigenvalue weighted by molar-refractivity contribution is 0.122. The van der Waals surface area contributed by atoms with Gasteiger partial charge in [-0.15, -0.1) is 0 Å². The Balaban J connectivity index is 1.26. The van der Waals surface area contributed by atoms with E-state index in [1.54, 1.807) is 6.92 Å². The topological polar surface area (TPSA) is 261 Å². The van der Waals surface area contributed by atoms with Crippen LogP contribution in [0.3, 0.4) is 0 Å². The van der Waals surface area contributed by atoms with Crippen molar-refractivity contribution in [1.29, 1.82) is 0 Å². The highest BCUT2D eigenvalue weighted by atomic mass is 32.2. The van der Waals surface area contributed by atoms with Gasteiger partial charge in [-0.25, -0.2) is 0 Å². The second kappa shape index (κ2) is 14.4. The molecule has 0 bridgehead atoms. The second-order valence-corrected chi connectivity index (χ2v) is 13.8. The molecule has 0 spiro atoms. The van der Waals surface area contributed by atoms with Gasteiger partial charge in [0.2, 0.25) is 29.7 Å². The van der Waals surface area contributed by atoms with Crippen LogP contribution in [0.15, 0.2) is 46.2 Å². The molecule has 6 rings (SSSR count). The average molecular weight is 728 g/mol. The fourth-order valence-corrected chi connectivity index (χ4v) is 6.57. The van der Waals surface area contributed by atoms with E-state index in [0.29, 0.717) is 70.3 Å². The summed E-state index contributed by atoms with van der Waals surface area (Å²) in [7, 11) is -9.54. The SMILES string of the molecule is Cc1nc(Nc2ccc(/C=C/c3ccc(Nc4nc(N)nc(N5CCOCC5)n4)cc3S(=O)(=O)O)c(S(=O)(=O)O)c2)nc(N2CCOCC2)n1. The maximum absolute atomic E-state index is 12.4. The highest BCUT2D eigenvalue weighted by Crippen LogP contribution is 2.28. The van der Waals surface area contributed by atoms with E-state index in [1.165, 1.54) is 42.5 Å². The van der Waals surface area contributed by atoms with Crippen molar-refractivity contribution < 1.29 is 35.4 Å². The van der Waals surface area contributed by atoms with Crippen LogP contribution in [0.1, 0.15) is 17.0 Å². The van der Waals surface area contributed by atoms with Crippen LogP contribution in [-0.2, 0) is 29.7 Å². The fourth-order valence-electron chi connectivity index (χ4n) is 5.15. The number of hydrogen-bond donors (Lipinski definition) is 5. The predicted octanol–water partition coefficient (Wildman–Crippen LogP) is 1.77. The first-order valence-corrected chi connectivity index (χ1v) is 18.0. The zero-order valence-electron chi connectivity index (χ0n) is 26.6. The summed E-state index contributed by atoms with van der Waals surface area (Å²) in [5, 5.41) is 5.83. The Morgan fingerprint density at radius 2 is 1.12 bits per heavy atom. The average Bonchev–Trinajstić information content (AvgIpc) is 3.07. The molecule has 0 amide bonds. The van der Waals surface area contributed by atoms with E-state index in [0.717, 1.165) is 6.07 Å². The van der Waals surface area contributed by atoms with Gasteiger partial charge in [0.05, 0.1) is 26.4 Å². The lowest BCUT2D eigenvalue weighted by atomic mass is 10.1. The van der Waals surface area contributed by atoms with Gasteiger partial charge in [-0.3, -0.25) is 9.11 Å². The molecule has 0 unspecified atom stereocenters. The molecule has 0 atom stereocenters. The zero-order valence-corrected chi connectivity index (χ0v) is 28.2. The number of nitrogen functional groups attached to an aromatic ring is 1. The lowest BCUT2D eigenvalue weighted by Crippen LogP contribution is -2.37. The summed E-state index contributed by atoms with van der Waals surface area (Å²) >= 11 is 0. The number of morpholine rings is 2. The summed E-state index contributed by atoms with van der Waals surface area (Å²) in [6.45, 7) is 6.02. The van der Waals surface area contributed by atoms with E-state index < -0.39 is 30.0 Å². The largest absolute Gasteiger partial charge is 0.378 e. The van der Waals surface area contributed by atoms with Crippen LogP contribution in [-0.4, -0.2) is 108 Å². The van der Waals surface area contributed by atoms with E-state index in [1.807, 2.05) is 9.80 Å². The quantitative estimate of drug-likeness (QED) is 0.115. The molecular weight excluding hydrogens is 695 g/mol. The van der Waals surface area contributed by atoms with Gasteiger partial charge in [0, 0.05) is 37.6 Å². The standard InChI is InChI=1S/C29H33N11O8S2/c1-18-31-26(37-28(32-18)39-8-12-47-13-9-39)33-21-6-4-19(23(16-21)49(41,42)43)2-3-20-5-7-22(17-24(20)50(44,45)46)34-27-35-25(30)36-29(38-27)40-10-14-48-15-11-40/h2-7,16-17H,8-15H2,1H3,(H,41,42,43)(H,44,45,46)(H,31,32,33,37)(H3,30,34,35,36,38)/b3-2+. The molecular formula is C29H33N11O8S2. The van der Waals surface area contributed by atoms with Gasteiger partial charge in [0.15, 0.2) is 0 Å². The number of nitrogens with one attached hydrogen (secondary N) is 2. The maximum atomic E-state index is 12.4. The monoisotopic (exact) mass is 727 g/mol. The van der Waals surface area contributed by atoms with Crippen LogP contribution in [0, 0.1) is 6.92 Å². The summed E-state index contributed by atoms with van der Waals surface area (Å²) in [6, 6.07) is 8.16. The van der Waals surface area contributed by atoms with Gasteiger partial charge in [-0.1, -0.05) is 24.3 Å². The number of hydrogen-bond acceptors (Lipinski definition) is 17. The Bertz CT molecular complexity index is 1990. The van der Waals surface area contributed by atoms with Crippen LogP contribution in [0.2, 0.25) is 0 Å². The van der Waals surface area contributed by atoms with Crippen molar-refractivity contribution in [3.63, 3.8) is 0 Å². The number of ether oxygens (including phenoxy) is 2. The summed E-state index contributed by atoms with van der Waals surface area (Å²) in [5.41, 5.74) is 6.38. The van der Waals surface area contributed by atoms with E-state index in [2.05, 4.69) is 40.5 Å². The van der Waals surface area contributed by atoms with E-state index in [9.17, 15) is 25.9 Å². The van der Waals surface area contributed by atoms with Crippen LogP contribution in [0.4, 0.5) is 41.1 Å². The minimum absolute atomic E-state index is 0.0157. The molecule has 21 heteroatoms. The van der Waals surface area contributed by atoms with Crippen molar-refractivity contribution in [3.05, 3.63) is 53.3 Å². The third kappa shape index (κ3) is 8.56. The van der Waals surface area contributed by atoms with Crippen LogP contribution < -0.4 is 26.2 Å². The molecule has 2 fully saturated rings. The molecule has 2 aromatic heterocycles. The molecule has 0 saturated carbocycles. The molecule has 2 aromatic carbocycles. The lowest BCUT2D eigenvalue weighted by Gasteiger charge is -2.27. The Morgan fingerprint density at radius 1 is 0.680 bits per heavy atom. The first kappa shape index (κ1) is 34.8. The Morgan fingerprint density at radius 3 is 1.58 bits per heavy atom. The van der Waals surface area contributed by atoms with Crippen LogP contribution >= 0.6 is 0 Å². The molecule has 2 saturated heterocycles. The van der Waals surface area contributed by atoms with E-state index in [4.69, 9.17) is 15.2 Å². The van der Waals surface area contributed by atoms with Crippen molar-refractivity contribution in [3.8, 4) is 0 Å². The minimum atomic E-state index is -4.78. The van der Waals surface area contributed by atoms with Crippen molar-refractivity contribution in [2.75, 3.05) is 78.8 Å². The summed E-state index contributed by atoms with van der Waals surface area (Å²) in [5.74, 6) is 1.32. The molecule has 0 aliphatic carbocycles. The van der Waals surface area contributed by atoms with Crippen molar-refractivity contribution in [2.24, 2.45) is 0 Å². The number of benzene rings is 2. The summed E-state index contributed by atoms with van der Waals surface area (Å²) in [4.78, 5) is 28.5. The summed E-state index contributed by atoms with van der Waals surface area (Å²) < 4.78 is 80.6. The summed E-state index contributed by atoms with van der Waals surface area (Å²) in [6.07, 6.45) is 2.57. The van der Waals surface area contributed by atoms with Crippen molar-refractivity contribution >= 4 is 73.5 Å². The van der Waals surface area contributed by atoms with Crippen molar-refractivity contribution in [2.45, 2.75) is 16.7 Å². The minimum Gasteiger partial charge on any atom is -0.378 e. The normalized spacial score (nSPS) is 15.7. The number of aromatic nitrogens is 6. The Hall–Kier alpha value is -5.06. The molecule has 2 aliphatic heterocycles. The Labute approximate surface area is 287 Å². The van der Waals surface area contributed by atoms with Gasteiger partial charge in [0.25, 0.3) is 20.2 Å². The zero-order chi connectivity index (χ0) is 35.5. The Kier molecular flexibility index (Phi) is 10.0. The first-order valence-electron chi connectivity index (χ1n) is 15.2. The number of nitrogens with two attached hydrogens (primary N) is 1. The maximum Gasteiger partial charge on any atom is 0.295 e. The van der Waals surface area contributed by atoms with Gasteiger partial charge < -0.3 is 35.6 Å². The number of rotatable bonds is 10. The smallest absolute Gasteiger partial charge is 0.295 e. The third-order valence-corrected chi connectivity index (χ3v) is 9.32. The van der Waals surface area contributed by atoms with Crippen LogP contribution in [0.5, 0.6) is 0 Å². The number of anilines is 7. The van der Waals surface area contributed by atoms with E-state index in [-0.39, 0.29) is 40.3 Å². The molecule has 4 aromatic rings. The van der Waals surface area contributed by atoms with Gasteiger partial charge in [0.1, 0.15) is 15.6 Å². The molecule has 4 heterocycles. The molecule has 2 aliphatic rings. The van der Waals surface area contributed by atoms with Gasteiger partial charge in [-0.05, 0) is 42.3 Å². The highest BCUT2D eigenvalue weighted by Gasteiger charge is 2.21.